The number of unbranched alkanes of at least 4 members (excludes halogenated alkanes) is 3. The molecule has 1 rings (SSSR count). The van der Waals surface area contributed by atoms with Gasteiger partial charge in [0.25, 0.3) is 0 Å². The predicted molar refractivity (Wildman–Crippen MR) is 87.1 cm³/mol. The Morgan fingerprint density at radius 1 is 1.00 bits per heavy atom. The summed E-state index contributed by atoms with van der Waals surface area (Å²) in [6.07, 6.45) is 9.97. The van der Waals surface area contributed by atoms with Crippen LogP contribution in [0.25, 0.3) is 0 Å². The van der Waals surface area contributed by atoms with E-state index in [0.29, 0.717) is 5.46 Å². The van der Waals surface area contributed by atoms with E-state index in [4.69, 9.17) is 0 Å². The van der Waals surface area contributed by atoms with Crippen LogP contribution >= 0.6 is 0 Å². The molecule has 1 atom stereocenters. The molecule has 1 aromatic carbocycles. The summed E-state index contributed by atoms with van der Waals surface area (Å²) in [5.41, 5.74) is 1.73. The smallest absolute Gasteiger partial charge is 0.423 e. The Morgan fingerprint density at radius 3 is 2.40 bits per heavy atom. The number of hydrogen-bond donors (Lipinski definition) is 2. The van der Waals surface area contributed by atoms with Crippen LogP contribution < -0.4 is 5.46 Å². The summed E-state index contributed by atoms with van der Waals surface area (Å²) >= 11 is 0. The van der Waals surface area contributed by atoms with Crippen molar-refractivity contribution in [1.82, 2.24) is 0 Å². The third kappa shape index (κ3) is 6.58. The standard InChI is InChI=1S/C17H29BO2/c1-3-4-5-6-10-15(2)11-9-13-16-12-7-8-14-17(16)18(19)20/h7-8,12,14-15,19-20H,3-6,9-11,13H2,1-2H3. The highest BCUT2D eigenvalue weighted by atomic mass is 16.4. The topological polar surface area (TPSA) is 40.5 Å². The van der Waals surface area contributed by atoms with Crippen LogP contribution in [0.4, 0.5) is 0 Å². The molecule has 0 saturated carbocycles. The molecule has 3 heteroatoms. The van der Waals surface area contributed by atoms with Crippen LogP contribution in [-0.2, 0) is 6.42 Å². The molecule has 0 aliphatic rings. The Morgan fingerprint density at radius 2 is 1.70 bits per heavy atom. The van der Waals surface area contributed by atoms with E-state index in [2.05, 4.69) is 13.8 Å². The van der Waals surface area contributed by atoms with E-state index >= 15 is 0 Å². The highest BCUT2D eigenvalue weighted by Crippen LogP contribution is 2.16. The van der Waals surface area contributed by atoms with Crippen molar-refractivity contribution in [1.29, 1.82) is 0 Å². The Bertz CT molecular complexity index is 366. The van der Waals surface area contributed by atoms with Crippen molar-refractivity contribution in [2.75, 3.05) is 0 Å². The first-order valence-electron chi connectivity index (χ1n) is 8.09. The molecule has 0 radical (unpaired) electrons. The maximum absolute atomic E-state index is 9.34. The van der Waals surface area contributed by atoms with Crippen molar-refractivity contribution in [3.05, 3.63) is 29.8 Å². The second-order valence-corrected chi connectivity index (χ2v) is 5.92. The highest BCUT2D eigenvalue weighted by Gasteiger charge is 2.14. The predicted octanol–water partition coefficient (Wildman–Crippen LogP) is 3.30. The summed E-state index contributed by atoms with van der Waals surface area (Å²) in [5, 5.41) is 18.7. The zero-order chi connectivity index (χ0) is 14.8. The third-order valence-electron chi connectivity index (χ3n) is 4.03. The molecule has 2 N–H and O–H groups in total. The summed E-state index contributed by atoms with van der Waals surface area (Å²) in [7, 11) is -1.35. The molecule has 0 fully saturated rings. The molecule has 0 aliphatic carbocycles. The first-order chi connectivity index (χ1) is 9.65. The third-order valence-corrected chi connectivity index (χ3v) is 4.03. The molecular formula is C17H29BO2. The minimum atomic E-state index is -1.35. The van der Waals surface area contributed by atoms with Gasteiger partial charge in [0.1, 0.15) is 0 Å². The van der Waals surface area contributed by atoms with E-state index in [1.54, 1.807) is 6.07 Å². The summed E-state index contributed by atoms with van der Waals surface area (Å²) in [5.74, 6) is 0.776. The van der Waals surface area contributed by atoms with E-state index in [-0.39, 0.29) is 0 Å². The Balaban J connectivity index is 2.26. The Kier molecular flexibility index (Phi) is 8.64. The van der Waals surface area contributed by atoms with E-state index < -0.39 is 7.12 Å². The van der Waals surface area contributed by atoms with Crippen LogP contribution in [0.1, 0.15) is 64.4 Å². The molecular weight excluding hydrogens is 247 g/mol. The van der Waals surface area contributed by atoms with E-state index in [0.717, 1.165) is 24.3 Å². The molecule has 2 nitrogen and oxygen atoms in total. The zero-order valence-electron chi connectivity index (χ0n) is 13.0. The first kappa shape index (κ1) is 17.3. The number of hydrogen-bond acceptors (Lipinski definition) is 2. The minimum absolute atomic E-state index is 0.656. The lowest BCUT2D eigenvalue weighted by molar-refractivity contribution is 0.424. The number of rotatable bonds is 10. The Labute approximate surface area is 124 Å². The minimum Gasteiger partial charge on any atom is -0.423 e. The zero-order valence-corrected chi connectivity index (χ0v) is 13.0. The second kappa shape index (κ2) is 10.0. The fourth-order valence-corrected chi connectivity index (χ4v) is 2.72. The average Bonchev–Trinajstić information content (AvgIpc) is 2.44. The van der Waals surface area contributed by atoms with Gasteiger partial charge < -0.3 is 10.0 Å². The molecule has 0 saturated heterocycles. The molecule has 20 heavy (non-hydrogen) atoms. The molecule has 0 bridgehead atoms. The lowest BCUT2D eigenvalue weighted by atomic mass is 9.76. The van der Waals surface area contributed by atoms with Gasteiger partial charge in [0.2, 0.25) is 0 Å². The normalized spacial score (nSPS) is 12.4. The van der Waals surface area contributed by atoms with Crippen LogP contribution in [0.2, 0.25) is 0 Å². The second-order valence-electron chi connectivity index (χ2n) is 5.92. The molecule has 112 valence electrons. The maximum atomic E-state index is 9.34. The summed E-state index contributed by atoms with van der Waals surface area (Å²) in [6.45, 7) is 4.58. The van der Waals surface area contributed by atoms with Gasteiger partial charge in [-0.05, 0) is 29.8 Å². The lowest BCUT2D eigenvalue weighted by Crippen LogP contribution is -2.32. The number of benzene rings is 1. The van der Waals surface area contributed by atoms with Gasteiger partial charge in [-0.3, -0.25) is 0 Å². The summed E-state index contributed by atoms with van der Waals surface area (Å²) in [6, 6.07) is 7.62. The van der Waals surface area contributed by atoms with Crippen LogP contribution in [0.15, 0.2) is 24.3 Å². The van der Waals surface area contributed by atoms with Gasteiger partial charge >= 0.3 is 7.12 Å². The van der Waals surface area contributed by atoms with Gasteiger partial charge in [-0.1, -0.05) is 76.6 Å². The van der Waals surface area contributed by atoms with Crippen molar-refractivity contribution in [3.8, 4) is 0 Å². The van der Waals surface area contributed by atoms with Gasteiger partial charge in [-0.25, -0.2) is 0 Å². The monoisotopic (exact) mass is 276 g/mol. The van der Waals surface area contributed by atoms with Crippen LogP contribution in [0, 0.1) is 5.92 Å². The molecule has 0 aliphatic heterocycles. The van der Waals surface area contributed by atoms with Crippen molar-refractivity contribution in [3.63, 3.8) is 0 Å². The van der Waals surface area contributed by atoms with Crippen LogP contribution in [-0.4, -0.2) is 17.2 Å². The quantitative estimate of drug-likeness (QED) is 0.508. The lowest BCUT2D eigenvalue weighted by Gasteiger charge is -2.12. The van der Waals surface area contributed by atoms with E-state index in [1.165, 1.54) is 38.5 Å². The fourth-order valence-electron chi connectivity index (χ4n) is 2.72. The molecule has 0 amide bonds. The largest absolute Gasteiger partial charge is 0.488 e. The van der Waals surface area contributed by atoms with Crippen molar-refractivity contribution in [2.24, 2.45) is 5.92 Å². The molecule has 0 heterocycles. The van der Waals surface area contributed by atoms with Crippen LogP contribution in [0.5, 0.6) is 0 Å². The highest BCUT2D eigenvalue weighted by molar-refractivity contribution is 6.59. The van der Waals surface area contributed by atoms with Gasteiger partial charge in [0, 0.05) is 0 Å². The summed E-state index contributed by atoms with van der Waals surface area (Å²) < 4.78 is 0. The maximum Gasteiger partial charge on any atom is 0.488 e. The number of aryl methyl sites for hydroxylation is 1. The fraction of sp³-hybridized carbons (Fsp3) is 0.647. The van der Waals surface area contributed by atoms with Gasteiger partial charge in [-0.2, -0.15) is 0 Å². The Hall–Kier alpha value is -0.795. The van der Waals surface area contributed by atoms with Crippen molar-refractivity contribution >= 4 is 12.6 Å². The molecule has 0 spiro atoms. The van der Waals surface area contributed by atoms with Crippen molar-refractivity contribution < 1.29 is 10.0 Å². The van der Waals surface area contributed by atoms with E-state index in [1.807, 2.05) is 18.2 Å². The van der Waals surface area contributed by atoms with Crippen LogP contribution in [0.3, 0.4) is 0 Å². The first-order valence-corrected chi connectivity index (χ1v) is 8.09. The van der Waals surface area contributed by atoms with Gasteiger partial charge in [0.05, 0.1) is 0 Å². The van der Waals surface area contributed by atoms with E-state index in [9.17, 15) is 10.0 Å². The molecule has 0 aromatic heterocycles. The van der Waals surface area contributed by atoms with Gasteiger partial charge in [0.15, 0.2) is 0 Å². The SMILES string of the molecule is CCCCCCC(C)CCCc1ccccc1B(O)O. The molecule has 1 unspecified atom stereocenters. The summed E-state index contributed by atoms with van der Waals surface area (Å²) in [4.78, 5) is 0. The van der Waals surface area contributed by atoms with Gasteiger partial charge in [-0.15, -0.1) is 0 Å². The molecule has 1 aromatic rings. The average molecular weight is 276 g/mol. The van der Waals surface area contributed by atoms with Crippen molar-refractivity contribution in [2.45, 2.75) is 65.2 Å².